The molecule has 8 nitrogen and oxygen atoms in total. The number of hydrogen-bond acceptors (Lipinski definition) is 7. The SMILES string of the molecule is COc1ccc(CCC(C(N)=O)c2cccc(C[C@@H](C)NC[C@H](O)c3ccc(O)c(CO)c3)c2)cc1OC. The van der Waals surface area contributed by atoms with Crippen LogP contribution in [-0.4, -0.2) is 48.0 Å². The van der Waals surface area contributed by atoms with Crippen molar-refractivity contribution >= 4 is 5.91 Å². The van der Waals surface area contributed by atoms with Gasteiger partial charge in [-0.3, -0.25) is 4.79 Å². The molecule has 3 rings (SSSR count). The first kappa shape index (κ1) is 29.0. The molecule has 0 aliphatic heterocycles. The predicted octanol–water partition coefficient (Wildman–Crippen LogP) is 3.36. The summed E-state index contributed by atoms with van der Waals surface area (Å²) in [6.45, 7) is 2.04. The molecule has 0 fully saturated rings. The van der Waals surface area contributed by atoms with E-state index in [1.165, 1.54) is 6.07 Å². The number of primary amides is 1. The van der Waals surface area contributed by atoms with E-state index in [2.05, 4.69) is 5.32 Å². The Hall–Kier alpha value is -3.59. The smallest absolute Gasteiger partial charge is 0.224 e. The van der Waals surface area contributed by atoms with Crippen LogP contribution in [0.1, 0.15) is 53.2 Å². The van der Waals surface area contributed by atoms with Gasteiger partial charge >= 0.3 is 0 Å². The molecule has 3 aromatic carbocycles. The molecule has 0 heterocycles. The third-order valence-corrected chi connectivity index (χ3v) is 6.73. The normalized spacial score (nSPS) is 13.5. The average molecular weight is 523 g/mol. The molecule has 0 saturated heterocycles. The highest BCUT2D eigenvalue weighted by atomic mass is 16.5. The maximum absolute atomic E-state index is 12.4. The Morgan fingerprint density at radius 2 is 1.74 bits per heavy atom. The summed E-state index contributed by atoms with van der Waals surface area (Å²) in [5.41, 5.74) is 9.76. The maximum atomic E-state index is 12.4. The van der Waals surface area contributed by atoms with Gasteiger partial charge in [-0.1, -0.05) is 36.4 Å². The summed E-state index contributed by atoms with van der Waals surface area (Å²) < 4.78 is 10.7. The van der Waals surface area contributed by atoms with Gasteiger partial charge in [-0.05, 0) is 72.7 Å². The molecule has 204 valence electrons. The second-order valence-electron chi connectivity index (χ2n) is 9.50. The number of rotatable bonds is 14. The molecule has 0 spiro atoms. The fraction of sp³-hybridized carbons (Fsp3) is 0.367. The van der Waals surface area contributed by atoms with Gasteiger partial charge in [0.25, 0.3) is 0 Å². The number of aliphatic hydroxyl groups is 2. The number of nitrogens with two attached hydrogens (primary N) is 1. The zero-order valence-corrected chi connectivity index (χ0v) is 22.2. The topological polar surface area (TPSA) is 134 Å². The first-order valence-electron chi connectivity index (χ1n) is 12.7. The number of carbonyl (C=O) groups excluding carboxylic acids is 1. The van der Waals surface area contributed by atoms with E-state index in [1.807, 2.05) is 49.4 Å². The monoisotopic (exact) mass is 522 g/mol. The van der Waals surface area contributed by atoms with Crippen LogP contribution in [0.4, 0.5) is 0 Å². The van der Waals surface area contributed by atoms with E-state index < -0.39 is 12.0 Å². The lowest BCUT2D eigenvalue weighted by atomic mass is 9.90. The maximum Gasteiger partial charge on any atom is 0.224 e. The molecule has 0 aliphatic rings. The number of methoxy groups -OCH3 is 2. The highest BCUT2D eigenvalue weighted by molar-refractivity contribution is 5.82. The molecule has 0 aromatic heterocycles. The van der Waals surface area contributed by atoms with Gasteiger partial charge in [0.1, 0.15) is 5.75 Å². The minimum Gasteiger partial charge on any atom is -0.508 e. The molecule has 8 heteroatoms. The van der Waals surface area contributed by atoms with Crippen molar-refractivity contribution in [2.24, 2.45) is 5.73 Å². The van der Waals surface area contributed by atoms with E-state index in [-0.39, 0.29) is 24.3 Å². The number of phenols is 1. The molecular weight excluding hydrogens is 484 g/mol. The molecule has 3 aromatic rings. The highest BCUT2D eigenvalue weighted by Gasteiger charge is 2.19. The lowest BCUT2D eigenvalue weighted by Gasteiger charge is -2.19. The quantitative estimate of drug-likeness (QED) is 0.219. The molecule has 1 amide bonds. The van der Waals surface area contributed by atoms with Crippen molar-refractivity contribution in [2.75, 3.05) is 20.8 Å². The van der Waals surface area contributed by atoms with Gasteiger partial charge in [0, 0.05) is 18.2 Å². The van der Waals surface area contributed by atoms with E-state index in [0.717, 1.165) is 16.7 Å². The van der Waals surface area contributed by atoms with Crippen molar-refractivity contribution in [2.45, 2.75) is 50.9 Å². The number of benzene rings is 3. The van der Waals surface area contributed by atoms with E-state index >= 15 is 0 Å². The van der Waals surface area contributed by atoms with Crippen molar-refractivity contribution in [1.29, 1.82) is 0 Å². The summed E-state index contributed by atoms with van der Waals surface area (Å²) in [7, 11) is 3.19. The third-order valence-electron chi connectivity index (χ3n) is 6.73. The van der Waals surface area contributed by atoms with E-state index in [4.69, 9.17) is 15.2 Å². The zero-order chi connectivity index (χ0) is 27.7. The van der Waals surface area contributed by atoms with Crippen molar-refractivity contribution in [3.8, 4) is 17.2 Å². The number of amides is 1. The van der Waals surface area contributed by atoms with Crippen LogP contribution in [0.3, 0.4) is 0 Å². The van der Waals surface area contributed by atoms with Crippen molar-refractivity contribution in [1.82, 2.24) is 5.32 Å². The Labute approximate surface area is 224 Å². The van der Waals surface area contributed by atoms with Crippen LogP contribution in [0.15, 0.2) is 60.7 Å². The number of hydrogen-bond donors (Lipinski definition) is 5. The number of carbonyl (C=O) groups is 1. The fourth-order valence-corrected chi connectivity index (χ4v) is 4.55. The second kappa shape index (κ2) is 13.8. The number of nitrogens with one attached hydrogen (secondary N) is 1. The van der Waals surface area contributed by atoms with E-state index in [0.29, 0.717) is 48.4 Å². The fourth-order valence-electron chi connectivity index (χ4n) is 4.55. The van der Waals surface area contributed by atoms with Gasteiger partial charge < -0.3 is 35.8 Å². The van der Waals surface area contributed by atoms with Crippen LogP contribution in [-0.2, 0) is 24.2 Å². The van der Waals surface area contributed by atoms with Crippen molar-refractivity contribution < 1.29 is 29.6 Å². The Bertz CT molecular complexity index is 1220. The lowest BCUT2D eigenvalue weighted by molar-refractivity contribution is -0.119. The van der Waals surface area contributed by atoms with Crippen molar-refractivity contribution in [3.05, 3.63) is 88.5 Å². The Balaban J connectivity index is 1.61. The molecule has 0 bridgehead atoms. The van der Waals surface area contributed by atoms with Crippen LogP contribution < -0.4 is 20.5 Å². The number of aryl methyl sites for hydroxylation is 1. The summed E-state index contributed by atoms with van der Waals surface area (Å²) in [4.78, 5) is 12.4. The van der Waals surface area contributed by atoms with Gasteiger partial charge in [-0.2, -0.15) is 0 Å². The van der Waals surface area contributed by atoms with E-state index in [1.54, 1.807) is 26.4 Å². The minimum atomic E-state index is -0.787. The summed E-state index contributed by atoms with van der Waals surface area (Å²) in [5.74, 6) is 0.510. The van der Waals surface area contributed by atoms with Crippen LogP contribution in [0, 0.1) is 0 Å². The van der Waals surface area contributed by atoms with Gasteiger partial charge in [0.05, 0.1) is 32.8 Å². The molecular formula is C30H38N2O6. The summed E-state index contributed by atoms with van der Waals surface area (Å²) in [5, 5.41) is 32.9. The average Bonchev–Trinajstić information content (AvgIpc) is 2.92. The summed E-state index contributed by atoms with van der Waals surface area (Å²) in [6, 6.07) is 18.4. The third kappa shape index (κ3) is 7.71. The first-order chi connectivity index (χ1) is 18.2. The van der Waals surface area contributed by atoms with Gasteiger partial charge in [-0.25, -0.2) is 0 Å². The van der Waals surface area contributed by atoms with Crippen LogP contribution >= 0.6 is 0 Å². The molecule has 0 radical (unpaired) electrons. The van der Waals surface area contributed by atoms with Gasteiger partial charge in [0.15, 0.2) is 11.5 Å². The zero-order valence-electron chi connectivity index (χ0n) is 22.2. The van der Waals surface area contributed by atoms with Gasteiger partial charge in [0.2, 0.25) is 5.91 Å². The second-order valence-corrected chi connectivity index (χ2v) is 9.50. The number of ether oxygens (including phenoxy) is 2. The lowest BCUT2D eigenvalue weighted by Crippen LogP contribution is -2.32. The van der Waals surface area contributed by atoms with Crippen LogP contribution in [0.5, 0.6) is 17.2 Å². The van der Waals surface area contributed by atoms with Crippen LogP contribution in [0.2, 0.25) is 0 Å². The Morgan fingerprint density at radius 3 is 2.42 bits per heavy atom. The minimum absolute atomic E-state index is 0.00245. The summed E-state index contributed by atoms with van der Waals surface area (Å²) >= 11 is 0. The summed E-state index contributed by atoms with van der Waals surface area (Å²) in [6.07, 6.45) is 1.13. The van der Waals surface area contributed by atoms with E-state index in [9.17, 15) is 20.1 Å². The molecule has 1 unspecified atom stereocenters. The number of aromatic hydroxyl groups is 1. The predicted molar refractivity (Wildman–Crippen MR) is 146 cm³/mol. The number of aliphatic hydroxyl groups excluding tert-OH is 2. The largest absolute Gasteiger partial charge is 0.508 e. The molecule has 6 N–H and O–H groups in total. The molecule has 0 aliphatic carbocycles. The Kier molecular flexibility index (Phi) is 10.5. The van der Waals surface area contributed by atoms with Crippen molar-refractivity contribution in [3.63, 3.8) is 0 Å². The molecule has 0 saturated carbocycles. The molecule has 38 heavy (non-hydrogen) atoms. The van der Waals surface area contributed by atoms with Gasteiger partial charge in [-0.15, -0.1) is 0 Å². The van der Waals surface area contributed by atoms with Crippen LogP contribution in [0.25, 0.3) is 0 Å². The first-order valence-corrected chi connectivity index (χ1v) is 12.7. The molecule has 3 atom stereocenters. The highest BCUT2D eigenvalue weighted by Crippen LogP contribution is 2.30. The Morgan fingerprint density at radius 1 is 0.974 bits per heavy atom. The standard InChI is InChI=1S/C30H38N2O6/c1-19(32-17-27(35)23-9-11-26(34)24(16-23)18-33)13-21-5-4-6-22(14-21)25(30(31)36)10-7-20-8-12-28(37-2)29(15-20)38-3/h4-6,8-9,11-12,14-16,19,25,27,32-35H,7,10,13,17-18H2,1-3H3,(H2,31,36)/t19-,25?,27+/m1/s1.